The van der Waals surface area contributed by atoms with Crippen LogP contribution in [0.1, 0.15) is 0 Å². The van der Waals surface area contributed by atoms with E-state index in [4.69, 9.17) is 8.83 Å². The number of fused-ring (bicyclic) bond motifs is 12. The molecular weight excluding hydrogens is 805 g/mol. The first-order valence-corrected chi connectivity index (χ1v) is 22.5. The summed E-state index contributed by atoms with van der Waals surface area (Å²) in [6.45, 7) is 0. The van der Waals surface area contributed by atoms with Crippen LogP contribution in [0, 0.1) is 0 Å². The summed E-state index contributed by atoms with van der Waals surface area (Å²) in [6.07, 6.45) is 0. The number of hydrogen-bond donors (Lipinski definition) is 0. The van der Waals surface area contributed by atoms with Gasteiger partial charge >= 0.3 is 0 Å². The van der Waals surface area contributed by atoms with Gasteiger partial charge in [0.05, 0.1) is 33.7 Å². The number of furan rings is 2. The second kappa shape index (κ2) is 14.3. The molecule has 66 heavy (non-hydrogen) atoms. The van der Waals surface area contributed by atoms with Crippen molar-refractivity contribution in [1.82, 2.24) is 4.57 Å². The number of nitrogens with zero attached hydrogens (tertiary/aromatic N) is 2. The largest absolute Gasteiger partial charge is 0.455 e. The van der Waals surface area contributed by atoms with Crippen LogP contribution < -0.4 is 4.90 Å². The Hall–Kier alpha value is -8.86. The smallest absolute Gasteiger partial charge is 0.145 e. The zero-order valence-electron chi connectivity index (χ0n) is 35.7. The molecule has 308 valence electrons. The fourth-order valence-corrected chi connectivity index (χ4v) is 10.7. The molecule has 0 atom stereocenters. The molecule has 0 amide bonds. The molecule has 0 radical (unpaired) electrons. The molecule has 0 aliphatic heterocycles. The standard InChI is InChI=1S/C62H38N2O2/c1-2-20-42-40(17-1)38-57(45-22-4-3-21-44(42)45)63(41-19-15-18-39(37-41)43-28-16-29-50-48-25-8-13-33-58(48)65-61(43)50)56-36-35-51-49-26-9-14-34-59(49)66-62(51)60(56)52-27-7-12-32-55(52)64-53-30-10-5-23-46(53)47-24-6-11-31-54(47)64/h1-38H. The molecule has 3 heterocycles. The summed E-state index contributed by atoms with van der Waals surface area (Å²) >= 11 is 0. The monoisotopic (exact) mass is 842 g/mol. The molecule has 0 unspecified atom stereocenters. The van der Waals surface area contributed by atoms with Crippen LogP contribution in [0.15, 0.2) is 239 Å². The van der Waals surface area contributed by atoms with Gasteiger partial charge in [0.2, 0.25) is 0 Å². The topological polar surface area (TPSA) is 34.5 Å². The van der Waals surface area contributed by atoms with Crippen molar-refractivity contribution in [3.8, 4) is 27.9 Å². The Morgan fingerprint density at radius 3 is 1.64 bits per heavy atom. The average Bonchev–Trinajstić information content (AvgIpc) is 4.06. The van der Waals surface area contributed by atoms with E-state index in [1.807, 2.05) is 6.07 Å². The van der Waals surface area contributed by atoms with Gasteiger partial charge in [-0.3, -0.25) is 0 Å². The molecule has 4 nitrogen and oxygen atoms in total. The lowest BCUT2D eigenvalue weighted by atomic mass is 9.94. The first-order chi connectivity index (χ1) is 32.8. The molecule has 4 heteroatoms. The van der Waals surface area contributed by atoms with Crippen molar-refractivity contribution >= 4 is 104 Å². The summed E-state index contributed by atoms with van der Waals surface area (Å²) in [5.41, 5.74) is 14.0. The van der Waals surface area contributed by atoms with E-state index in [2.05, 4.69) is 234 Å². The molecule has 14 aromatic rings. The van der Waals surface area contributed by atoms with E-state index in [0.29, 0.717) is 0 Å². The van der Waals surface area contributed by atoms with Crippen molar-refractivity contribution in [2.24, 2.45) is 0 Å². The maximum atomic E-state index is 7.13. The molecule has 0 bridgehead atoms. The third-order valence-electron chi connectivity index (χ3n) is 13.6. The van der Waals surface area contributed by atoms with Crippen LogP contribution in [-0.4, -0.2) is 4.57 Å². The van der Waals surface area contributed by atoms with Gasteiger partial charge in [-0.05, 0) is 82.4 Å². The van der Waals surface area contributed by atoms with Gasteiger partial charge in [0.1, 0.15) is 22.3 Å². The molecule has 0 aliphatic rings. The van der Waals surface area contributed by atoms with Crippen molar-refractivity contribution in [2.45, 2.75) is 0 Å². The van der Waals surface area contributed by atoms with Crippen molar-refractivity contribution in [3.63, 3.8) is 0 Å². The number of para-hydroxylation sites is 6. The maximum Gasteiger partial charge on any atom is 0.145 e. The Labute approximate surface area is 379 Å². The van der Waals surface area contributed by atoms with E-state index in [-0.39, 0.29) is 0 Å². The molecule has 0 saturated heterocycles. The van der Waals surface area contributed by atoms with E-state index < -0.39 is 0 Å². The van der Waals surface area contributed by atoms with Crippen molar-refractivity contribution < 1.29 is 8.83 Å². The van der Waals surface area contributed by atoms with Crippen molar-refractivity contribution in [2.75, 3.05) is 4.90 Å². The molecule has 0 spiro atoms. The Bertz CT molecular complexity index is 4210. The minimum atomic E-state index is 0.834. The lowest BCUT2D eigenvalue weighted by Crippen LogP contribution is -2.13. The predicted molar refractivity (Wildman–Crippen MR) is 276 cm³/mol. The summed E-state index contributed by atoms with van der Waals surface area (Å²) < 4.78 is 16.2. The minimum absolute atomic E-state index is 0.834. The van der Waals surface area contributed by atoms with Gasteiger partial charge in [0.25, 0.3) is 0 Å². The lowest BCUT2D eigenvalue weighted by Gasteiger charge is -2.30. The highest BCUT2D eigenvalue weighted by Crippen LogP contribution is 2.51. The van der Waals surface area contributed by atoms with Gasteiger partial charge in [-0.2, -0.15) is 0 Å². The summed E-state index contributed by atoms with van der Waals surface area (Å²) in [5, 5.41) is 11.5. The van der Waals surface area contributed by atoms with E-state index in [9.17, 15) is 0 Å². The minimum Gasteiger partial charge on any atom is -0.455 e. The molecule has 0 fully saturated rings. The van der Waals surface area contributed by atoms with Crippen LogP contribution in [-0.2, 0) is 0 Å². The number of hydrogen-bond acceptors (Lipinski definition) is 3. The summed E-state index contributed by atoms with van der Waals surface area (Å²) in [5.74, 6) is 0. The summed E-state index contributed by atoms with van der Waals surface area (Å²) in [7, 11) is 0. The average molecular weight is 843 g/mol. The van der Waals surface area contributed by atoms with E-state index >= 15 is 0 Å². The zero-order chi connectivity index (χ0) is 43.3. The fraction of sp³-hybridized carbons (Fsp3) is 0. The lowest BCUT2D eigenvalue weighted by molar-refractivity contribution is 0.669. The van der Waals surface area contributed by atoms with E-state index in [1.54, 1.807) is 0 Å². The third-order valence-corrected chi connectivity index (χ3v) is 13.6. The van der Waals surface area contributed by atoms with Crippen LogP contribution in [0.4, 0.5) is 17.1 Å². The molecule has 3 aromatic heterocycles. The van der Waals surface area contributed by atoms with Gasteiger partial charge in [0.15, 0.2) is 0 Å². The van der Waals surface area contributed by atoms with Gasteiger partial charge in [-0.15, -0.1) is 0 Å². The van der Waals surface area contributed by atoms with Crippen molar-refractivity contribution in [3.05, 3.63) is 231 Å². The first-order valence-electron chi connectivity index (χ1n) is 22.5. The van der Waals surface area contributed by atoms with Gasteiger partial charge in [-0.25, -0.2) is 0 Å². The van der Waals surface area contributed by atoms with Gasteiger partial charge in [-0.1, -0.05) is 170 Å². The Kier molecular flexibility index (Phi) is 7.95. The van der Waals surface area contributed by atoms with Crippen LogP contribution in [0.5, 0.6) is 0 Å². The van der Waals surface area contributed by atoms with Crippen LogP contribution in [0.25, 0.3) is 115 Å². The Balaban J connectivity index is 1.11. The normalized spacial score (nSPS) is 11.9. The number of aromatic nitrogens is 1. The zero-order valence-corrected chi connectivity index (χ0v) is 35.7. The van der Waals surface area contributed by atoms with Gasteiger partial charge in [0, 0.05) is 54.5 Å². The second-order valence-corrected chi connectivity index (χ2v) is 17.2. The van der Waals surface area contributed by atoms with E-state index in [0.717, 1.165) is 111 Å². The van der Waals surface area contributed by atoms with Gasteiger partial charge < -0.3 is 18.3 Å². The second-order valence-electron chi connectivity index (χ2n) is 17.2. The highest BCUT2D eigenvalue weighted by Gasteiger charge is 2.27. The molecule has 14 rings (SSSR count). The number of benzene rings is 11. The summed E-state index contributed by atoms with van der Waals surface area (Å²) in [4.78, 5) is 2.46. The number of rotatable bonds is 6. The van der Waals surface area contributed by atoms with Crippen LogP contribution in [0.2, 0.25) is 0 Å². The van der Waals surface area contributed by atoms with E-state index in [1.165, 1.54) is 21.5 Å². The summed E-state index contributed by atoms with van der Waals surface area (Å²) in [6, 6.07) is 82.8. The molecule has 11 aromatic carbocycles. The molecular formula is C62H38N2O2. The quantitative estimate of drug-likeness (QED) is 0.156. The fourth-order valence-electron chi connectivity index (χ4n) is 10.7. The predicted octanol–water partition coefficient (Wildman–Crippen LogP) is 17.7. The number of anilines is 3. The van der Waals surface area contributed by atoms with Crippen molar-refractivity contribution in [1.29, 1.82) is 0 Å². The third kappa shape index (κ3) is 5.39. The molecule has 0 aliphatic carbocycles. The Morgan fingerprint density at radius 2 is 0.879 bits per heavy atom. The molecule has 0 N–H and O–H groups in total. The van der Waals surface area contributed by atoms with Crippen LogP contribution in [0.3, 0.4) is 0 Å². The van der Waals surface area contributed by atoms with Crippen LogP contribution >= 0.6 is 0 Å². The Morgan fingerprint density at radius 1 is 0.333 bits per heavy atom. The first kappa shape index (κ1) is 36.6. The highest BCUT2D eigenvalue weighted by atomic mass is 16.3. The highest BCUT2D eigenvalue weighted by molar-refractivity contribution is 6.19. The SMILES string of the molecule is c1cc(-c2cccc3c2oc2ccccc23)cc(N(c2ccc3c(oc4ccccc43)c2-c2ccccc2-n2c3ccccc3c3ccccc32)c2cc3ccccc3c3ccccc23)c1. The molecule has 0 saturated carbocycles. The maximum absolute atomic E-state index is 7.13.